The highest BCUT2D eigenvalue weighted by Gasteiger charge is 2.30. The van der Waals surface area contributed by atoms with Crippen LogP contribution in [-0.4, -0.2) is 48.7 Å². The lowest BCUT2D eigenvalue weighted by atomic mass is 10.0. The number of aryl methyl sites for hydroxylation is 2. The Hall–Kier alpha value is -3.85. The van der Waals surface area contributed by atoms with Gasteiger partial charge in [-0.05, 0) is 75.4 Å². The normalized spacial score (nSPS) is 17.7. The Balaban J connectivity index is 1.37. The molecule has 0 spiro atoms. The highest BCUT2D eigenvalue weighted by Crippen LogP contribution is 2.37. The molecule has 0 amide bonds. The number of fused-ring (bicyclic) bond motifs is 1. The summed E-state index contributed by atoms with van der Waals surface area (Å²) in [7, 11) is 0. The Morgan fingerprint density at radius 2 is 1.92 bits per heavy atom. The fraction of sp³-hybridized carbons (Fsp3) is 0.400. The Morgan fingerprint density at radius 1 is 1.08 bits per heavy atom. The maximum absolute atomic E-state index is 14.3. The van der Waals surface area contributed by atoms with Gasteiger partial charge < -0.3 is 14.6 Å². The van der Waals surface area contributed by atoms with Gasteiger partial charge in [0.05, 0.1) is 17.3 Å². The molecule has 1 saturated heterocycles. The molecule has 2 fully saturated rings. The zero-order chi connectivity index (χ0) is 27.1. The van der Waals surface area contributed by atoms with Gasteiger partial charge in [0.25, 0.3) is 0 Å². The van der Waals surface area contributed by atoms with Crippen molar-refractivity contribution in [3.8, 4) is 5.88 Å². The van der Waals surface area contributed by atoms with Crippen LogP contribution in [0.4, 0.5) is 10.1 Å². The van der Waals surface area contributed by atoms with Crippen LogP contribution in [-0.2, 0) is 13.1 Å². The molecule has 202 valence electrons. The molecule has 39 heavy (non-hydrogen) atoms. The molecule has 1 N–H and O–H groups in total. The Kier molecular flexibility index (Phi) is 6.76. The summed E-state index contributed by atoms with van der Waals surface area (Å²) in [5.74, 6) is -1.55. The van der Waals surface area contributed by atoms with Gasteiger partial charge in [0.2, 0.25) is 5.88 Å². The van der Waals surface area contributed by atoms with Gasteiger partial charge in [-0.25, -0.2) is 4.39 Å². The van der Waals surface area contributed by atoms with Gasteiger partial charge in [0, 0.05) is 67.6 Å². The van der Waals surface area contributed by atoms with Crippen molar-refractivity contribution in [2.45, 2.75) is 64.7 Å². The quantitative estimate of drug-likeness (QED) is 0.374. The van der Waals surface area contributed by atoms with Crippen LogP contribution in [0.3, 0.4) is 0 Å². The first-order chi connectivity index (χ1) is 18.9. The first-order valence-corrected chi connectivity index (χ1v) is 13.6. The highest BCUT2D eigenvalue weighted by molar-refractivity contribution is 5.76. The molecule has 6 rings (SSSR count). The number of rotatable bonds is 7. The topological polar surface area (TPSA) is 87.4 Å². The summed E-state index contributed by atoms with van der Waals surface area (Å²) < 4.78 is 16.3. The van der Waals surface area contributed by atoms with Crippen molar-refractivity contribution in [2.24, 2.45) is 0 Å². The van der Waals surface area contributed by atoms with Crippen molar-refractivity contribution in [3.63, 3.8) is 0 Å². The molecule has 8 nitrogen and oxygen atoms in total. The number of piperidine rings is 1. The van der Waals surface area contributed by atoms with E-state index in [1.807, 2.05) is 49.1 Å². The van der Waals surface area contributed by atoms with Gasteiger partial charge in [-0.2, -0.15) is 4.98 Å². The molecule has 0 radical (unpaired) electrons. The molecule has 0 aromatic carbocycles. The van der Waals surface area contributed by atoms with E-state index in [4.69, 9.17) is 0 Å². The predicted molar refractivity (Wildman–Crippen MR) is 148 cm³/mol. The van der Waals surface area contributed by atoms with Crippen molar-refractivity contribution in [1.29, 1.82) is 0 Å². The van der Waals surface area contributed by atoms with E-state index in [9.17, 15) is 14.3 Å². The zero-order valence-corrected chi connectivity index (χ0v) is 22.3. The molecular formula is C30H33FN6O2. The number of aromatic hydroxyl groups is 1. The third-order valence-corrected chi connectivity index (χ3v) is 7.85. The smallest absolute Gasteiger partial charge is 0.249 e. The number of hydrogen-bond donors (Lipinski definition) is 1. The van der Waals surface area contributed by atoms with Gasteiger partial charge in [0.1, 0.15) is 5.65 Å². The minimum absolute atomic E-state index is 0.202. The van der Waals surface area contributed by atoms with Crippen molar-refractivity contribution < 1.29 is 9.50 Å². The molecule has 1 aliphatic carbocycles. The molecule has 1 aliphatic heterocycles. The monoisotopic (exact) mass is 528 g/mol. The van der Waals surface area contributed by atoms with E-state index >= 15 is 0 Å². The number of aromatic nitrogens is 4. The van der Waals surface area contributed by atoms with Crippen molar-refractivity contribution in [1.82, 2.24) is 24.4 Å². The van der Waals surface area contributed by atoms with Crippen LogP contribution in [0.15, 0.2) is 53.7 Å². The number of hydrogen-bond acceptors (Lipinski definition) is 7. The molecular weight excluding hydrogens is 495 g/mol. The van der Waals surface area contributed by atoms with Crippen LogP contribution in [0.2, 0.25) is 0 Å². The summed E-state index contributed by atoms with van der Waals surface area (Å²) in [5, 5.41) is 10.1. The third-order valence-electron chi connectivity index (χ3n) is 7.85. The molecule has 1 saturated carbocycles. The molecule has 1 unspecified atom stereocenters. The van der Waals surface area contributed by atoms with E-state index in [1.165, 1.54) is 0 Å². The summed E-state index contributed by atoms with van der Waals surface area (Å²) >= 11 is 0. The fourth-order valence-corrected chi connectivity index (χ4v) is 5.64. The summed E-state index contributed by atoms with van der Waals surface area (Å²) in [5.41, 5.74) is 4.90. The summed E-state index contributed by atoms with van der Waals surface area (Å²) in [6.45, 7) is 6.84. The van der Waals surface area contributed by atoms with E-state index in [0.717, 1.165) is 67.5 Å². The first-order valence-electron chi connectivity index (χ1n) is 13.6. The second kappa shape index (κ2) is 10.4. The lowest BCUT2D eigenvalue weighted by Crippen LogP contribution is -2.48. The number of halogens is 1. The van der Waals surface area contributed by atoms with Gasteiger partial charge in [-0.3, -0.25) is 19.7 Å². The average molecular weight is 529 g/mol. The average Bonchev–Trinajstić information content (AvgIpc) is 3.77. The van der Waals surface area contributed by atoms with Crippen molar-refractivity contribution >= 4 is 16.7 Å². The summed E-state index contributed by atoms with van der Waals surface area (Å²) in [4.78, 5) is 31.3. The van der Waals surface area contributed by atoms with Gasteiger partial charge in [-0.15, -0.1) is 0 Å². The Bertz CT molecular complexity index is 1570. The fourth-order valence-electron chi connectivity index (χ4n) is 5.64. The molecule has 4 aromatic rings. The third kappa shape index (κ3) is 5.36. The minimum atomic E-state index is -0.877. The van der Waals surface area contributed by atoms with Crippen LogP contribution in [0.5, 0.6) is 5.88 Å². The SMILES string of the molecule is Cc1ccc(N2CCCC(N(Cc3ccnc(C)c3)Cc3cn(C4CC4)c4nc(O)c(F)cc4c3=O)C2)cn1. The molecule has 0 bridgehead atoms. The van der Waals surface area contributed by atoms with Gasteiger partial charge in [0.15, 0.2) is 11.2 Å². The van der Waals surface area contributed by atoms with Crippen LogP contribution in [0, 0.1) is 19.7 Å². The number of pyridine rings is 4. The maximum atomic E-state index is 14.3. The molecule has 2 aliphatic rings. The van der Waals surface area contributed by atoms with E-state index in [1.54, 1.807) is 0 Å². The lowest BCUT2D eigenvalue weighted by molar-refractivity contribution is 0.158. The number of anilines is 1. The van der Waals surface area contributed by atoms with Crippen LogP contribution < -0.4 is 10.3 Å². The van der Waals surface area contributed by atoms with E-state index in [0.29, 0.717) is 24.3 Å². The molecule has 1 atom stereocenters. The van der Waals surface area contributed by atoms with E-state index in [2.05, 4.69) is 36.9 Å². The molecule has 4 aromatic heterocycles. The van der Waals surface area contributed by atoms with Crippen LogP contribution in [0.1, 0.15) is 54.2 Å². The second-order valence-corrected chi connectivity index (χ2v) is 10.9. The van der Waals surface area contributed by atoms with Crippen LogP contribution >= 0.6 is 0 Å². The number of nitrogens with zero attached hydrogens (tertiary/aromatic N) is 6. The molecule has 9 heteroatoms. The Labute approximate surface area is 226 Å². The highest BCUT2D eigenvalue weighted by atomic mass is 19.1. The first kappa shape index (κ1) is 25.4. The standard InChI is InChI=1S/C30H33FN6O2/c1-19-5-6-24(14-33-19)35-11-3-4-25(18-35)36(15-21-9-10-32-20(2)12-21)16-22-17-37(23-7-8-23)29-26(28(22)38)13-27(31)30(39)34-29/h5-6,9-10,12-14,17,23,25H,3-4,7-8,11,15-16,18H2,1-2H3,(H,34,39). The van der Waals surface area contributed by atoms with Gasteiger partial charge in [-0.1, -0.05) is 0 Å². The Morgan fingerprint density at radius 3 is 2.67 bits per heavy atom. The van der Waals surface area contributed by atoms with E-state index in [-0.39, 0.29) is 22.9 Å². The maximum Gasteiger partial charge on any atom is 0.249 e. The molecule has 5 heterocycles. The zero-order valence-electron chi connectivity index (χ0n) is 22.3. The predicted octanol–water partition coefficient (Wildman–Crippen LogP) is 4.65. The van der Waals surface area contributed by atoms with E-state index < -0.39 is 11.7 Å². The second-order valence-electron chi connectivity index (χ2n) is 10.9. The minimum Gasteiger partial charge on any atom is -0.491 e. The van der Waals surface area contributed by atoms with Crippen LogP contribution in [0.25, 0.3) is 11.0 Å². The van der Waals surface area contributed by atoms with Crippen molar-refractivity contribution in [3.05, 3.63) is 87.5 Å². The summed E-state index contributed by atoms with van der Waals surface area (Å²) in [6.07, 6.45) is 9.62. The van der Waals surface area contributed by atoms with Gasteiger partial charge >= 0.3 is 0 Å². The lowest BCUT2D eigenvalue weighted by Gasteiger charge is -2.40. The van der Waals surface area contributed by atoms with Crippen molar-refractivity contribution in [2.75, 3.05) is 18.0 Å². The summed E-state index contributed by atoms with van der Waals surface area (Å²) in [6, 6.07) is 9.81. The largest absolute Gasteiger partial charge is 0.491 e.